The number of benzene rings is 1. The van der Waals surface area contributed by atoms with E-state index in [1.807, 2.05) is 47.3 Å². The molecule has 1 unspecified atom stereocenters. The summed E-state index contributed by atoms with van der Waals surface area (Å²) in [7, 11) is 1.64. The Bertz CT molecular complexity index is 771. The van der Waals surface area contributed by atoms with Gasteiger partial charge in [0, 0.05) is 36.0 Å². The van der Waals surface area contributed by atoms with E-state index in [1.54, 1.807) is 6.07 Å². The lowest BCUT2D eigenvalue weighted by atomic mass is 10.2. The Kier molecular flexibility index (Phi) is 3.51. The molecule has 1 aromatic heterocycles. The third kappa shape index (κ3) is 2.69. The number of anilines is 1. The number of hydrogen-bond acceptors (Lipinski definition) is 3. The van der Waals surface area contributed by atoms with Crippen LogP contribution in [0.2, 0.25) is 0 Å². The number of hydrogen-bond donors (Lipinski definition) is 0. The van der Waals surface area contributed by atoms with Gasteiger partial charge in [-0.25, -0.2) is 8.42 Å². The highest BCUT2D eigenvalue weighted by atomic mass is 35.7. The molecule has 2 aromatic rings. The van der Waals surface area contributed by atoms with Crippen LogP contribution >= 0.6 is 10.7 Å². The Morgan fingerprint density at radius 3 is 2.24 bits per heavy atom. The van der Waals surface area contributed by atoms with Crippen LogP contribution in [0.5, 0.6) is 0 Å². The molecular formula is C14H13ClN2O3S. The maximum absolute atomic E-state index is 12.1. The summed E-state index contributed by atoms with van der Waals surface area (Å²) in [5, 5.41) is -0.857. The van der Waals surface area contributed by atoms with Crippen LogP contribution in [-0.4, -0.2) is 30.7 Å². The molecule has 0 spiro atoms. The maximum atomic E-state index is 12.1. The molecule has 0 radical (unpaired) electrons. The molecule has 0 aliphatic carbocycles. The fourth-order valence-corrected chi connectivity index (χ4v) is 3.53. The molecule has 1 aliphatic rings. The summed E-state index contributed by atoms with van der Waals surface area (Å²) in [6, 6.07) is 11.1. The first-order valence-electron chi connectivity index (χ1n) is 6.43. The van der Waals surface area contributed by atoms with Crippen LogP contribution in [-0.2, 0) is 13.8 Å². The Morgan fingerprint density at radius 2 is 1.67 bits per heavy atom. The van der Waals surface area contributed by atoms with Gasteiger partial charge in [0.1, 0.15) is 5.25 Å². The minimum absolute atomic E-state index is 0.0775. The Morgan fingerprint density at radius 1 is 1.05 bits per heavy atom. The summed E-state index contributed by atoms with van der Waals surface area (Å²) in [5.74, 6) is -0.233. The summed E-state index contributed by atoms with van der Waals surface area (Å²) in [6.45, 7) is 0.0863. The molecule has 1 aromatic carbocycles. The summed E-state index contributed by atoms with van der Waals surface area (Å²) in [4.78, 5) is 13.6. The monoisotopic (exact) mass is 324 g/mol. The molecule has 3 rings (SSSR count). The number of aromatic nitrogens is 1. The Hall–Kier alpha value is -1.79. The molecule has 2 heterocycles. The van der Waals surface area contributed by atoms with E-state index in [2.05, 4.69) is 0 Å². The number of nitrogens with zero attached hydrogens (tertiary/aromatic N) is 2. The van der Waals surface area contributed by atoms with Gasteiger partial charge in [-0.05, 0) is 24.3 Å². The van der Waals surface area contributed by atoms with Crippen LogP contribution < -0.4 is 4.90 Å². The molecule has 1 saturated heterocycles. The number of halogens is 1. The third-order valence-electron chi connectivity index (χ3n) is 3.54. The second-order valence-corrected chi connectivity index (χ2v) is 7.79. The standard InChI is InChI=1S/C14H13ClN2O3S/c15-21(19,20)11-9-14(18)17(10-11)13-6-2-1-5-12(13)16-7-3-4-8-16/h1-8,11H,9-10H2. The Balaban J connectivity index is 2.01. The van der Waals surface area contributed by atoms with Gasteiger partial charge in [0.15, 0.2) is 0 Å². The summed E-state index contributed by atoms with van der Waals surface area (Å²) in [5.41, 5.74) is 1.50. The number of amides is 1. The molecule has 5 nitrogen and oxygen atoms in total. The molecular weight excluding hydrogens is 312 g/mol. The third-order valence-corrected chi connectivity index (χ3v) is 5.41. The fourth-order valence-electron chi connectivity index (χ4n) is 2.50. The van der Waals surface area contributed by atoms with Gasteiger partial charge < -0.3 is 9.47 Å². The zero-order valence-corrected chi connectivity index (χ0v) is 12.6. The number of para-hydroxylation sites is 2. The number of rotatable bonds is 3. The van der Waals surface area contributed by atoms with Crippen molar-refractivity contribution in [1.29, 1.82) is 0 Å². The second-order valence-electron chi connectivity index (χ2n) is 4.89. The molecule has 0 N–H and O–H groups in total. The number of carbonyl (C=O) groups is 1. The highest BCUT2D eigenvalue weighted by Gasteiger charge is 2.38. The zero-order valence-electron chi connectivity index (χ0n) is 11.0. The largest absolute Gasteiger partial charge is 0.322 e. The molecule has 110 valence electrons. The molecule has 1 aliphatic heterocycles. The summed E-state index contributed by atoms with van der Waals surface area (Å²) >= 11 is 0. The fraction of sp³-hybridized carbons (Fsp3) is 0.214. The first-order chi connectivity index (χ1) is 9.97. The van der Waals surface area contributed by atoms with E-state index < -0.39 is 14.3 Å². The van der Waals surface area contributed by atoms with Gasteiger partial charge in [0.25, 0.3) is 0 Å². The minimum atomic E-state index is -3.74. The van der Waals surface area contributed by atoms with Gasteiger partial charge >= 0.3 is 0 Å². The van der Waals surface area contributed by atoms with Crippen LogP contribution in [0.25, 0.3) is 5.69 Å². The average molecular weight is 325 g/mol. The van der Waals surface area contributed by atoms with E-state index in [0.29, 0.717) is 5.69 Å². The molecule has 1 amide bonds. The molecule has 0 saturated carbocycles. The van der Waals surface area contributed by atoms with Crippen molar-refractivity contribution in [2.24, 2.45) is 0 Å². The van der Waals surface area contributed by atoms with Gasteiger partial charge in [0.2, 0.25) is 15.0 Å². The van der Waals surface area contributed by atoms with Crippen molar-refractivity contribution >= 4 is 31.3 Å². The van der Waals surface area contributed by atoms with Gasteiger partial charge in [-0.3, -0.25) is 4.79 Å². The second kappa shape index (κ2) is 5.20. The molecule has 21 heavy (non-hydrogen) atoms. The van der Waals surface area contributed by atoms with Crippen molar-refractivity contribution in [3.63, 3.8) is 0 Å². The van der Waals surface area contributed by atoms with Gasteiger partial charge in [-0.2, -0.15) is 0 Å². The molecule has 7 heteroatoms. The lowest BCUT2D eigenvalue weighted by Gasteiger charge is -2.20. The van der Waals surface area contributed by atoms with Crippen molar-refractivity contribution in [2.45, 2.75) is 11.7 Å². The maximum Gasteiger partial charge on any atom is 0.237 e. The zero-order chi connectivity index (χ0) is 15.0. The first kappa shape index (κ1) is 14.2. The summed E-state index contributed by atoms with van der Waals surface area (Å²) in [6.07, 6.45) is 3.66. The lowest BCUT2D eigenvalue weighted by molar-refractivity contribution is -0.117. The van der Waals surface area contributed by atoms with E-state index in [0.717, 1.165) is 5.69 Å². The predicted molar refractivity (Wildman–Crippen MR) is 81.3 cm³/mol. The number of carbonyl (C=O) groups excluding carboxylic acids is 1. The van der Waals surface area contributed by atoms with E-state index in [-0.39, 0.29) is 18.9 Å². The van der Waals surface area contributed by atoms with E-state index >= 15 is 0 Å². The van der Waals surface area contributed by atoms with Gasteiger partial charge in [-0.15, -0.1) is 0 Å². The minimum Gasteiger partial charge on any atom is -0.322 e. The van der Waals surface area contributed by atoms with Crippen molar-refractivity contribution in [3.05, 3.63) is 48.8 Å². The van der Waals surface area contributed by atoms with Crippen molar-refractivity contribution in [3.8, 4) is 5.69 Å². The van der Waals surface area contributed by atoms with Crippen molar-refractivity contribution < 1.29 is 13.2 Å². The van der Waals surface area contributed by atoms with Crippen LogP contribution in [0.15, 0.2) is 48.8 Å². The summed E-state index contributed by atoms with van der Waals surface area (Å²) < 4.78 is 24.8. The van der Waals surface area contributed by atoms with Crippen molar-refractivity contribution in [2.75, 3.05) is 11.4 Å². The molecule has 0 bridgehead atoms. The highest BCUT2D eigenvalue weighted by molar-refractivity contribution is 8.14. The predicted octanol–water partition coefficient (Wildman–Crippen LogP) is 2.15. The van der Waals surface area contributed by atoms with Gasteiger partial charge in [0.05, 0.1) is 11.4 Å². The Labute approximate surface area is 127 Å². The smallest absolute Gasteiger partial charge is 0.237 e. The quantitative estimate of drug-likeness (QED) is 0.813. The first-order valence-corrected chi connectivity index (χ1v) is 8.80. The van der Waals surface area contributed by atoms with Crippen LogP contribution in [0.1, 0.15) is 6.42 Å². The highest BCUT2D eigenvalue weighted by Crippen LogP contribution is 2.31. The van der Waals surface area contributed by atoms with Crippen molar-refractivity contribution in [1.82, 2.24) is 4.57 Å². The van der Waals surface area contributed by atoms with Crippen LogP contribution in [0, 0.1) is 0 Å². The van der Waals surface area contributed by atoms with Gasteiger partial charge in [-0.1, -0.05) is 12.1 Å². The van der Waals surface area contributed by atoms with E-state index in [4.69, 9.17) is 10.7 Å². The molecule has 1 fully saturated rings. The van der Waals surface area contributed by atoms with Crippen LogP contribution in [0.4, 0.5) is 5.69 Å². The SMILES string of the molecule is O=C1CC(S(=O)(=O)Cl)CN1c1ccccc1-n1cccc1. The normalized spacial score (nSPS) is 19.2. The van der Waals surface area contributed by atoms with Crippen LogP contribution in [0.3, 0.4) is 0 Å². The van der Waals surface area contributed by atoms with E-state index in [1.165, 1.54) is 4.90 Å². The van der Waals surface area contributed by atoms with E-state index in [9.17, 15) is 13.2 Å². The molecule has 1 atom stereocenters. The lowest BCUT2D eigenvalue weighted by Crippen LogP contribution is -2.27. The average Bonchev–Trinajstić information content (AvgIpc) is 3.07. The topological polar surface area (TPSA) is 59.4 Å².